The van der Waals surface area contributed by atoms with Gasteiger partial charge in [0, 0.05) is 5.02 Å². The summed E-state index contributed by atoms with van der Waals surface area (Å²) in [5, 5.41) is 13.9. The summed E-state index contributed by atoms with van der Waals surface area (Å²) in [7, 11) is 1.15. The molecule has 0 unspecified atom stereocenters. The molecular weight excluding hydrogens is 465 g/mol. The van der Waals surface area contributed by atoms with E-state index in [2.05, 4.69) is 10.1 Å². The normalized spacial score (nSPS) is 10.5. The van der Waals surface area contributed by atoms with Crippen LogP contribution < -0.4 is 14.8 Å². The lowest BCUT2D eigenvalue weighted by molar-refractivity contribution is -0.386. The molecule has 0 bridgehead atoms. The van der Waals surface area contributed by atoms with Crippen molar-refractivity contribution in [3.05, 3.63) is 61.6 Å². The molecule has 0 aliphatic carbocycles. The van der Waals surface area contributed by atoms with Gasteiger partial charge in [0.15, 0.2) is 11.5 Å². The van der Waals surface area contributed by atoms with Crippen molar-refractivity contribution in [1.29, 1.82) is 0 Å². The minimum absolute atomic E-state index is 0.0761. The Morgan fingerprint density at radius 2 is 1.90 bits per heavy atom. The average molecular weight is 479 g/mol. The number of rotatable bonds is 9. The number of esters is 1. The highest BCUT2D eigenvalue weighted by atomic mass is 35.5. The topological polar surface area (TPSA) is 117 Å². The molecule has 0 saturated heterocycles. The van der Waals surface area contributed by atoms with Crippen molar-refractivity contribution in [1.82, 2.24) is 5.32 Å². The van der Waals surface area contributed by atoms with Crippen LogP contribution in [0.3, 0.4) is 0 Å². The minimum Gasteiger partial charge on any atom is -0.493 e. The summed E-state index contributed by atoms with van der Waals surface area (Å²) in [4.78, 5) is 34.4. The number of carbonyl (C=O) groups excluding carboxylic acids is 2. The summed E-state index contributed by atoms with van der Waals surface area (Å²) < 4.78 is 38.9. The number of amides is 1. The van der Waals surface area contributed by atoms with E-state index in [1.807, 2.05) is 0 Å². The predicted molar refractivity (Wildman–Crippen MR) is 105 cm³/mol. The average Bonchev–Trinajstić information content (AvgIpc) is 2.70. The van der Waals surface area contributed by atoms with Gasteiger partial charge in [0.2, 0.25) is 0 Å². The van der Waals surface area contributed by atoms with Crippen molar-refractivity contribution in [3.8, 4) is 11.5 Å². The molecule has 2 rings (SSSR count). The number of halogens is 4. The fourth-order valence-electron chi connectivity index (χ4n) is 2.36. The van der Waals surface area contributed by atoms with E-state index in [1.54, 1.807) is 0 Å². The first kappa shape index (κ1) is 24.1. The predicted octanol–water partition coefficient (Wildman–Crippen LogP) is 3.98. The Hall–Kier alpha value is -3.18. The second-order valence-corrected chi connectivity index (χ2v) is 6.58. The Bertz CT molecular complexity index is 1010. The van der Waals surface area contributed by atoms with Gasteiger partial charge >= 0.3 is 12.6 Å². The van der Waals surface area contributed by atoms with Crippen LogP contribution in [0.15, 0.2) is 30.3 Å². The number of nitro groups is 1. The quantitative estimate of drug-likeness (QED) is 0.329. The third kappa shape index (κ3) is 6.66. The number of benzene rings is 2. The summed E-state index contributed by atoms with van der Waals surface area (Å²) in [6.07, 6.45) is 0. The molecule has 0 spiro atoms. The monoisotopic (exact) mass is 478 g/mol. The summed E-state index contributed by atoms with van der Waals surface area (Å²) in [6.45, 7) is -4.37. The van der Waals surface area contributed by atoms with Crippen LogP contribution in [0.1, 0.15) is 15.9 Å². The van der Waals surface area contributed by atoms with E-state index in [-0.39, 0.29) is 21.9 Å². The largest absolute Gasteiger partial charge is 0.493 e. The third-order valence-electron chi connectivity index (χ3n) is 3.74. The summed E-state index contributed by atoms with van der Waals surface area (Å²) in [6, 6.07) is 5.93. The molecule has 1 N–H and O–H groups in total. The van der Waals surface area contributed by atoms with Crippen molar-refractivity contribution in [2.75, 3.05) is 13.7 Å². The van der Waals surface area contributed by atoms with Gasteiger partial charge < -0.3 is 19.5 Å². The van der Waals surface area contributed by atoms with Crippen LogP contribution in [0.2, 0.25) is 10.0 Å². The highest BCUT2D eigenvalue weighted by Gasteiger charge is 2.23. The zero-order valence-corrected chi connectivity index (χ0v) is 17.2. The molecule has 0 radical (unpaired) electrons. The molecule has 2 aromatic rings. The molecule has 0 aromatic heterocycles. The number of alkyl halides is 2. The van der Waals surface area contributed by atoms with Gasteiger partial charge in [-0.15, -0.1) is 0 Å². The number of carbonyl (C=O) groups is 2. The number of hydrogen-bond donors (Lipinski definition) is 1. The van der Waals surface area contributed by atoms with Gasteiger partial charge in [-0.25, -0.2) is 0 Å². The molecule has 166 valence electrons. The van der Waals surface area contributed by atoms with Gasteiger partial charge in [0.05, 0.1) is 34.2 Å². The Morgan fingerprint density at radius 3 is 2.48 bits per heavy atom. The molecule has 0 fully saturated rings. The van der Waals surface area contributed by atoms with E-state index in [0.717, 1.165) is 19.2 Å². The second-order valence-electron chi connectivity index (χ2n) is 5.73. The highest BCUT2D eigenvalue weighted by molar-refractivity contribution is 6.36. The van der Waals surface area contributed by atoms with Crippen LogP contribution in [-0.2, 0) is 16.1 Å². The van der Waals surface area contributed by atoms with Crippen LogP contribution in [0, 0.1) is 10.1 Å². The maximum Gasteiger partial charge on any atom is 0.387 e. The maximum absolute atomic E-state index is 12.5. The third-order valence-corrected chi connectivity index (χ3v) is 4.28. The number of hydrogen-bond acceptors (Lipinski definition) is 7. The van der Waals surface area contributed by atoms with E-state index >= 15 is 0 Å². The Morgan fingerprint density at radius 1 is 1.19 bits per heavy atom. The van der Waals surface area contributed by atoms with Gasteiger partial charge in [-0.05, 0) is 24.3 Å². The smallest absolute Gasteiger partial charge is 0.387 e. The molecule has 1 amide bonds. The van der Waals surface area contributed by atoms with Crippen molar-refractivity contribution < 1.29 is 37.5 Å². The number of methoxy groups -OCH3 is 1. The number of ether oxygens (including phenoxy) is 3. The molecule has 13 heteroatoms. The Balaban J connectivity index is 2.05. The molecule has 31 heavy (non-hydrogen) atoms. The maximum atomic E-state index is 12.5. The molecule has 0 aliphatic rings. The van der Waals surface area contributed by atoms with Crippen molar-refractivity contribution in [2.45, 2.75) is 13.2 Å². The van der Waals surface area contributed by atoms with Crippen LogP contribution in [-0.4, -0.2) is 37.1 Å². The van der Waals surface area contributed by atoms with Crippen LogP contribution in [0.5, 0.6) is 11.5 Å². The lowest BCUT2D eigenvalue weighted by Gasteiger charge is -2.12. The summed E-state index contributed by atoms with van der Waals surface area (Å²) in [5.41, 5.74) is -0.682. The van der Waals surface area contributed by atoms with E-state index in [1.165, 1.54) is 18.2 Å². The fraction of sp³-hybridized carbons (Fsp3) is 0.222. The van der Waals surface area contributed by atoms with E-state index < -0.39 is 48.0 Å². The van der Waals surface area contributed by atoms with E-state index in [9.17, 15) is 28.5 Å². The summed E-state index contributed by atoms with van der Waals surface area (Å²) in [5.74, 6) is -2.35. The van der Waals surface area contributed by atoms with Crippen molar-refractivity contribution in [2.24, 2.45) is 0 Å². The Labute approximate surface area is 183 Å². The molecule has 0 heterocycles. The van der Waals surface area contributed by atoms with E-state index in [4.69, 9.17) is 32.7 Å². The van der Waals surface area contributed by atoms with Gasteiger partial charge in [0.25, 0.3) is 11.6 Å². The molecular formula is C18H14Cl2F2N2O7. The molecule has 2 aromatic carbocycles. The number of nitrogens with one attached hydrogen (secondary N) is 1. The van der Waals surface area contributed by atoms with Gasteiger partial charge in [-0.2, -0.15) is 8.78 Å². The van der Waals surface area contributed by atoms with Crippen LogP contribution >= 0.6 is 23.2 Å². The number of nitrogens with zero attached hydrogens (tertiary/aromatic N) is 1. The zero-order chi connectivity index (χ0) is 23.1. The Kier molecular flexibility index (Phi) is 8.34. The fourth-order valence-corrected chi connectivity index (χ4v) is 2.85. The lowest BCUT2D eigenvalue weighted by Crippen LogP contribution is -2.30. The van der Waals surface area contributed by atoms with Crippen LogP contribution in [0.25, 0.3) is 0 Å². The molecule has 9 nitrogen and oxygen atoms in total. The first-order valence-electron chi connectivity index (χ1n) is 8.31. The first-order valence-corrected chi connectivity index (χ1v) is 9.07. The zero-order valence-electron chi connectivity index (χ0n) is 15.7. The first-order chi connectivity index (χ1) is 14.6. The van der Waals surface area contributed by atoms with E-state index in [0.29, 0.717) is 5.02 Å². The lowest BCUT2D eigenvalue weighted by atomic mass is 10.1. The molecule has 0 aliphatic heterocycles. The van der Waals surface area contributed by atoms with Gasteiger partial charge in [0.1, 0.15) is 13.2 Å². The second kappa shape index (κ2) is 10.7. The van der Waals surface area contributed by atoms with Gasteiger partial charge in [-0.1, -0.05) is 23.2 Å². The van der Waals surface area contributed by atoms with Gasteiger partial charge in [-0.3, -0.25) is 19.7 Å². The minimum atomic E-state index is -3.23. The SMILES string of the molecule is COc1cc(COC(=O)CNC(=O)c2ccc(Cl)cc2Cl)c([N+](=O)[O-])cc1OC(F)F. The number of nitro benzene ring substituents is 1. The van der Waals surface area contributed by atoms with Crippen molar-refractivity contribution >= 4 is 40.8 Å². The van der Waals surface area contributed by atoms with Crippen molar-refractivity contribution in [3.63, 3.8) is 0 Å². The standard InChI is InChI=1S/C18H14Cl2F2N2O7/c1-29-14-4-9(13(24(27)28)6-15(14)31-18(21)22)8-30-16(25)7-23-17(26)11-3-2-10(19)5-12(11)20/h2-6,18H,7-8H2,1H3,(H,23,26). The molecule has 0 saturated carbocycles. The highest BCUT2D eigenvalue weighted by Crippen LogP contribution is 2.36. The summed E-state index contributed by atoms with van der Waals surface area (Å²) >= 11 is 11.7. The molecule has 0 atom stereocenters. The van der Waals surface area contributed by atoms with Crippen LogP contribution in [0.4, 0.5) is 14.5 Å².